The number of nitrogens with zero attached hydrogens (tertiary/aromatic N) is 1. The molecule has 2 aliphatic rings. The van der Waals surface area contributed by atoms with Gasteiger partial charge < -0.3 is 18.9 Å². The second-order valence-corrected chi connectivity index (χ2v) is 12.3. The number of nitro groups is 1. The van der Waals surface area contributed by atoms with Gasteiger partial charge in [0.2, 0.25) is 0 Å². The van der Waals surface area contributed by atoms with Gasteiger partial charge in [-0.25, -0.2) is 9.59 Å². The number of benzene rings is 4. The Morgan fingerprint density at radius 2 is 1.58 bits per heavy atom. The zero-order valence-electron chi connectivity index (χ0n) is 25.7. The van der Waals surface area contributed by atoms with E-state index >= 15 is 0 Å². The largest absolute Gasteiger partial charge is 0.490 e. The Kier molecular flexibility index (Phi) is 10.0. The molecular formula is C37H32ClNO9. The molecule has 6 rings (SSSR count). The highest BCUT2D eigenvalue weighted by Gasteiger charge is 2.51. The van der Waals surface area contributed by atoms with Gasteiger partial charge in [0.05, 0.1) is 22.5 Å². The van der Waals surface area contributed by atoms with Gasteiger partial charge in [-0.15, -0.1) is 0 Å². The number of ether oxygens (including phenoxy) is 4. The van der Waals surface area contributed by atoms with E-state index in [0.29, 0.717) is 35.6 Å². The highest BCUT2D eigenvalue weighted by molar-refractivity contribution is 6.30. The van der Waals surface area contributed by atoms with Gasteiger partial charge in [-0.05, 0) is 66.4 Å². The van der Waals surface area contributed by atoms with Crippen LogP contribution in [-0.4, -0.2) is 47.8 Å². The summed E-state index contributed by atoms with van der Waals surface area (Å²) in [4.78, 5) is 49.1. The molecule has 1 heterocycles. The Morgan fingerprint density at radius 1 is 0.896 bits per heavy atom. The van der Waals surface area contributed by atoms with Crippen molar-refractivity contribution < 1.29 is 38.3 Å². The van der Waals surface area contributed by atoms with E-state index in [1.165, 1.54) is 24.3 Å². The lowest BCUT2D eigenvalue weighted by Gasteiger charge is -2.25. The summed E-state index contributed by atoms with van der Waals surface area (Å²) in [5.41, 5.74) is 2.42. The van der Waals surface area contributed by atoms with E-state index < -0.39 is 29.1 Å². The van der Waals surface area contributed by atoms with Crippen molar-refractivity contribution in [2.45, 2.75) is 44.0 Å². The summed E-state index contributed by atoms with van der Waals surface area (Å²) < 4.78 is 23.4. The quantitative estimate of drug-likeness (QED) is 0.0652. The monoisotopic (exact) mass is 669 g/mol. The number of halogens is 1. The summed E-state index contributed by atoms with van der Waals surface area (Å²) in [7, 11) is 0. The fourth-order valence-electron chi connectivity index (χ4n) is 6.37. The Labute approximate surface area is 281 Å². The van der Waals surface area contributed by atoms with E-state index in [1.54, 1.807) is 36.4 Å². The Balaban J connectivity index is 1.15. The van der Waals surface area contributed by atoms with Crippen molar-refractivity contribution >= 4 is 35.2 Å². The summed E-state index contributed by atoms with van der Waals surface area (Å²) >= 11 is 6.11. The number of rotatable bonds is 12. The maximum absolute atomic E-state index is 13.3. The minimum absolute atomic E-state index is 0.00642. The van der Waals surface area contributed by atoms with E-state index in [2.05, 4.69) is 0 Å². The molecule has 0 aromatic heterocycles. The highest BCUT2D eigenvalue weighted by atomic mass is 35.5. The Morgan fingerprint density at radius 3 is 2.29 bits per heavy atom. The maximum atomic E-state index is 13.3. The van der Waals surface area contributed by atoms with Crippen molar-refractivity contribution in [1.29, 1.82) is 0 Å². The van der Waals surface area contributed by atoms with Crippen LogP contribution in [0.4, 0.5) is 5.69 Å². The molecule has 1 aliphatic carbocycles. The average Bonchev–Trinajstić information content (AvgIpc) is 3.61. The molecular weight excluding hydrogens is 638 g/mol. The second kappa shape index (κ2) is 14.7. The third-order valence-electron chi connectivity index (χ3n) is 8.78. The van der Waals surface area contributed by atoms with Crippen molar-refractivity contribution in [3.05, 3.63) is 129 Å². The third kappa shape index (κ3) is 7.83. The van der Waals surface area contributed by atoms with E-state index in [4.69, 9.17) is 30.5 Å². The predicted molar refractivity (Wildman–Crippen MR) is 176 cm³/mol. The molecule has 11 heteroatoms. The molecule has 1 saturated heterocycles. The lowest BCUT2D eigenvalue weighted by atomic mass is 9.87. The summed E-state index contributed by atoms with van der Waals surface area (Å²) in [6.07, 6.45) is -0.284. The minimum Gasteiger partial charge on any atom is -0.490 e. The smallest absolute Gasteiger partial charge is 0.338 e. The van der Waals surface area contributed by atoms with Crippen molar-refractivity contribution in [3.8, 4) is 16.9 Å². The number of fused-ring (bicyclic) bond motifs is 1. The minimum atomic E-state index is -0.745. The van der Waals surface area contributed by atoms with Crippen LogP contribution >= 0.6 is 11.6 Å². The van der Waals surface area contributed by atoms with Gasteiger partial charge >= 0.3 is 17.9 Å². The average molecular weight is 670 g/mol. The molecule has 2 fully saturated rings. The number of nitro benzene ring substituents is 1. The number of carbonyl (C=O) groups excluding carboxylic acids is 3. The molecule has 0 radical (unpaired) electrons. The van der Waals surface area contributed by atoms with Crippen LogP contribution in [0.15, 0.2) is 103 Å². The van der Waals surface area contributed by atoms with Crippen LogP contribution in [0.5, 0.6) is 5.75 Å². The van der Waals surface area contributed by atoms with Gasteiger partial charge in [-0.1, -0.05) is 60.1 Å². The van der Waals surface area contributed by atoms with Gasteiger partial charge in [0.1, 0.15) is 30.7 Å². The number of hydrogen-bond donors (Lipinski definition) is 0. The molecule has 246 valence electrons. The highest BCUT2D eigenvalue weighted by Crippen LogP contribution is 2.45. The van der Waals surface area contributed by atoms with Crippen LogP contribution in [0.2, 0.25) is 5.02 Å². The number of hydrogen-bond acceptors (Lipinski definition) is 9. The van der Waals surface area contributed by atoms with Gasteiger partial charge in [-0.3, -0.25) is 14.9 Å². The molecule has 48 heavy (non-hydrogen) atoms. The van der Waals surface area contributed by atoms with E-state index in [0.717, 1.165) is 11.1 Å². The molecule has 0 bridgehead atoms. The van der Waals surface area contributed by atoms with Crippen LogP contribution in [0.1, 0.15) is 46.4 Å². The van der Waals surface area contributed by atoms with E-state index in [1.807, 2.05) is 42.5 Å². The van der Waals surface area contributed by atoms with Crippen LogP contribution in [0.3, 0.4) is 0 Å². The summed E-state index contributed by atoms with van der Waals surface area (Å²) in [5.74, 6) is -1.34. The molecule has 0 amide bonds. The summed E-state index contributed by atoms with van der Waals surface area (Å²) in [6.45, 7) is -0.00642. The maximum Gasteiger partial charge on any atom is 0.338 e. The second-order valence-electron chi connectivity index (χ2n) is 11.9. The fraction of sp³-hybridized carbons (Fsp3) is 0.270. The molecule has 4 aromatic carbocycles. The predicted octanol–water partition coefficient (Wildman–Crippen LogP) is 7.48. The molecule has 0 N–H and O–H groups in total. The molecule has 0 spiro atoms. The van der Waals surface area contributed by atoms with Gasteiger partial charge in [0.25, 0.3) is 5.69 Å². The first-order valence-corrected chi connectivity index (χ1v) is 16.0. The Bertz CT molecular complexity index is 1780. The van der Waals surface area contributed by atoms with E-state index in [-0.39, 0.29) is 48.2 Å². The molecule has 0 unspecified atom stereocenters. The van der Waals surface area contributed by atoms with Crippen LogP contribution < -0.4 is 4.74 Å². The van der Waals surface area contributed by atoms with Crippen LogP contribution in [0, 0.1) is 22.0 Å². The molecule has 10 nitrogen and oxygen atoms in total. The fourth-order valence-corrected chi connectivity index (χ4v) is 6.55. The van der Waals surface area contributed by atoms with Crippen molar-refractivity contribution in [2.24, 2.45) is 11.8 Å². The topological polar surface area (TPSA) is 131 Å². The number of carbonyl (C=O) groups is 3. The number of esters is 3. The standard InChI is InChI=1S/C37H32ClNO9/c38-27-7-4-8-29(19-27)45-22-30(46-36(41)26-13-15-28(16-14-26)39(43)44)17-18-31-32-20-35(40)47-34(32)21-33(31)48-37(42)25-11-9-24(10-12-25)23-5-2-1-3-6-23/h1-16,19,30-34H,17-18,20-22H2/t30-,31+,32+,33+,34-/m1/s1. The third-order valence-corrected chi connectivity index (χ3v) is 9.02. The normalized spacial score (nSPS) is 20.3. The lowest BCUT2D eigenvalue weighted by molar-refractivity contribution is -0.384. The lowest BCUT2D eigenvalue weighted by Crippen LogP contribution is -2.30. The summed E-state index contributed by atoms with van der Waals surface area (Å²) in [6, 6.07) is 29.0. The van der Waals surface area contributed by atoms with E-state index in [9.17, 15) is 24.5 Å². The van der Waals surface area contributed by atoms with Crippen LogP contribution in [-0.2, 0) is 19.0 Å². The summed E-state index contributed by atoms with van der Waals surface area (Å²) in [5, 5.41) is 11.5. The van der Waals surface area contributed by atoms with Gasteiger partial charge in [-0.2, -0.15) is 0 Å². The molecule has 1 aliphatic heterocycles. The Hall–Kier alpha value is -5.22. The zero-order valence-corrected chi connectivity index (χ0v) is 26.5. The van der Waals surface area contributed by atoms with Gasteiger partial charge in [0.15, 0.2) is 0 Å². The van der Waals surface area contributed by atoms with Crippen molar-refractivity contribution in [3.63, 3.8) is 0 Å². The first-order valence-electron chi connectivity index (χ1n) is 15.6. The first kappa shape index (κ1) is 32.7. The van der Waals surface area contributed by atoms with Crippen molar-refractivity contribution in [2.75, 3.05) is 6.61 Å². The van der Waals surface area contributed by atoms with Crippen LogP contribution in [0.25, 0.3) is 11.1 Å². The SMILES string of the molecule is O=C1C[C@H]2[C@H](CC[C@H](COc3cccc(Cl)c3)OC(=O)c3ccc([N+](=O)[O-])cc3)[C@@H](OC(=O)c3ccc(-c4ccccc4)cc3)C[C@H]2O1. The molecule has 1 saturated carbocycles. The molecule has 5 atom stereocenters. The molecule has 4 aromatic rings. The zero-order chi connectivity index (χ0) is 33.6. The first-order chi connectivity index (χ1) is 23.2. The number of non-ortho nitro benzene ring substituents is 1. The van der Waals surface area contributed by atoms with Crippen molar-refractivity contribution in [1.82, 2.24) is 0 Å². The van der Waals surface area contributed by atoms with Gasteiger partial charge in [0, 0.05) is 35.4 Å².